The van der Waals surface area contributed by atoms with Gasteiger partial charge in [0.2, 0.25) is 0 Å². The normalized spacial score (nSPS) is 9.85. The minimum Gasteiger partial charge on any atom is -0.465 e. The predicted molar refractivity (Wildman–Crippen MR) is 53.3 cm³/mol. The van der Waals surface area contributed by atoms with Crippen LogP contribution in [0.15, 0.2) is 10.5 Å². The van der Waals surface area contributed by atoms with Crippen LogP contribution in [0.1, 0.15) is 10.4 Å². The van der Waals surface area contributed by atoms with Gasteiger partial charge in [0.05, 0.1) is 7.11 Å². The third-order valence-electron chi connectivity index (χ3n) is 1.29. The van der Waals surface area contributed by atoms with E-state index in [1.807, 2.05) is 0 Å². The van der Waals surface area contributed by atoms with Gasteiger partial charge in [-0.25, -0.2) is 9.78 Å². The topological polar surface area (TPSA) is 39.2 Å². The van der Waals surface area contributed by atoms with Crippen LogP contribution in [0.3, 0.4) is 0 Å². The molecule has 0 spiro atoms. The summed E-state index contributed by atoms with van der Waals surface area (Å²) in [5.74, 6) is -0.555. The highest BCUT2D eigenvalue weighted by atomic mass is 79.9. The Hall–Kier alpha value is -0.320. The van der Waals surface area contributed by atoms with Crippen LogP contribution in [-0.4, -0.2) is 18.1 Å². The lowest BCUT2D eigenvalue weighted by Gasteiger charge is -2.03. The molecule has 0 aliphatic rings. The average molecular weight is 285 g/mol. The number of carbonyl (C=O) groups excluding carboxylic acids is 1. The molecule has 0 amide bonds. The summed E-state index contributed by atoms with van der Waals surface area (Å²) in [6, 6.07) is 1.47. The molecule has 0 N–H and O–H groups in total. The van der Waals surface area contributed by atoms with Crippen molar-refractivity contribution >= 4 is 45.1 Å². The number of pyridine rings is 1. The first-order chi connectivity index (χ1) is 6.06. The van der Waals surface area contributed by atoms with E-state index in [2.05, 4.69) is 25.7 Å². The van der Waals surface area contributed by atoms with Crippen molar-refractivity contribution in [1.82, 2.24) is 4.98 Å². The van der Waals surface area contributed by atoms with Gasteiger partial charge in [-0.15, -0.1) is 0 Å². The van der Waals surface area contributed by atoms with Crippen molar-refractivity contribution in [2.75, 3.05) is 7.11 Å². The molecule has 0 aliphatic heterocycles. The first kappa shape index (κ1) is 10.8. The molecule has 1 aromatic rings. The zero-order chi connectivity index (χ0) is 10.0. The number of aromatic nitrogens is 1. The first-order valence-electron chi connectivity index (χ1n) is 3.16. The second-order valence-corrected chi connectivity index (χ2v) is 3.68. The van der Waals surface area contributed by atoms with Crippen LogP contribution < -0.4 is 0 Å². The van der Waals surface area contributed by atoms with Crippen LogP contribution in [0.25, 0.3) is 0 Å². The number of halogens is 3. The minimum atomic E-state index is -0.555. The van der Waals surface area contributed by atoms with E-state index in [9.17, 15) is 4.79 Å². The monoisotopic (exact) mass is 283 g/mol. The van der Waals surface area contributed by atoms with Gasteiger partial charge in [0.15, 0.2) is 0 Å². The van der Waals surface area contributed by atoms with E-state index in [0.29, 0.717) is 4.47 Å². The molecule has 1 aromatic heterocycles. The molecule has 0 unspecified atom stereocenters. The van der Waals surface area contributed by atoms with E-state index < -0.39 is 5.97 Å². The number of esters is 1. The Morgan fingerprint density at radius 1 is 1.62 bits per heavy atom. The summed E-state index contributed by atoms with van der Waals surface area (Å²) in [5.41, 5.74) is 0.175. The molecule has 0 bridgehead atoms. The summed E-state index contributed by atoms with van der Waals surface area (Å²) in [7, 11) is 1.26. The Labute approximate surface area is 93.1 Å². The fourth-order valence-electron chi connectivity index (χ4n) is 0.741. The smallest absolute Gasteiger partial charge is 0.342 e. The molecule has 6 heteroatoms. The Kier molecular flexibility index (Phi) is 3.53. The first-order valence-corrected chi connectivity index (χ1v) is 4.71. The van der Waals surface area contributed by atoms with Gasteiger partial charge in [-0.1, -0.05) is 23.2 Å². The largest absolute Gasteiger partial charge is 0.465 e. The summed E-state index contributed by atoms with van der Waals surface area (Å²) in [5, 5.41) is 0.232. The van der Waals surface area contributed by atoms with Crippen molar-refractivity contribution in [3.8, 4) is 0 Å². The standard InChI is InChI=1S/C7H4BrCl2NO2/c1-13-7(12)5-3(8)2-4(9)11-6(5)10/h2H,1H3. The SMILES string of the molecule is COC(=O)c1c(Br)cc(Cl)nc1Cl. The van der Waals surface area contributed by atoms with E-state index in [1.165, 1.54) is 13.2 Å². The Balaban J connectivity index is 3.28. The van der Waals surface area contributed by atoms with Gasteiger partial charge in [0, 0.05) is 4.47 Å². The van der Waals surface area contributed by atoms with Crippen molar-refractivity contribution < 1.29 is 9.53 Å². The quantitative estimate of drug-likeness (QED) is 0.588. The third kappa shape index (κ3) is 2.33. The summed E-state index contributed by atoms with van der Waals surface area (Å²) >= 11 is 14.4. The van der Waals surface area contributed by atoms with Gasteiger partial charge >= 0.3 is 5.97 Å². The third-order valence-corrected chi connectivity index (χ3v) is 2.38. The van der Waals surface area contributed by atoms with Crippen LogP contribution >= 0.6 is 39.1 Å². The van der Waals surface area contributed by atoms with E-state index in [0.717, 1.165) is 0 Å². The molecule has 13 heavy (non-hydrogen) atoms. The van der Waals surface area contributed by atoms with Crippen LogP contribution in [-0.2, 0) is 4.74 Å². The van der Waals surface area contributed by atoms with Crippen LogP contribution in [0.5, 0.6) is 0 Å². The zero-order valence-corrected chi connectivity index (χ0v) is 9.57. The maximum Gasteiger partial charge on any atom is 0.342 e. The van der Waals surface area contributed by atoms with E-state index in [1.54, 1.807) is 0 Å². The van der Waals surface area contributed by atoms with Crippen molar-refractivity contribution in [3.05, 3.63) is 26.4 Å². The van der Waals surface area contributed by atoms with Gasteiger partial charge < -0.3 is 4.74 Å². The highest BCUT2D eigenvalue weighted by Gasteiger charge is 2.16. The highest BCUT2D eigenvalue weighted by Crippen LogP contribution is 2.26. The molecular formula is C7H4BrCl2NO2. The Bertz CT molecular complexity index is 333. The maximum atomic E-state index is 11.1. The minimum absolute atomic E-state index is 0.0197. The predicted octanol–water partition coefficient (Wildman–Crippen LogP) is 2.94. The second-order valence-electron chi connectivity index (χ2n) is 2.08. The van der Waals surface area contributed by atoms with Crippen molar-refractivity contribution in [1.29, 1.82) is 0 Å². The van der Waals surface area contributed by atoms with Gasteiger partial charge in [-0.3, -0.25) is 0 Å². The summed E-state index contributed by atoms with van der Waals surface area (Å²) in [6.45, 7) is 0. The lowest BCUT2D eigenvalue weighted by molar-refractivity contribution is 0.0599. The summed E-state index contributed by atoms with van der Waals surface area (Å²) in [6.07, 6.45) is 0. The van der Waals surface area contributed by atoms with Crippen molar-refractivity contribution in [2.24, 2.45) is 0 Å². The molecule has 3 nitrogen and oxygen atoms in total. The van der Waals surface area contributed by atoms with Gasteiger partial charge in [-0.05, 0) is 22.0 Å². The molecule has 0 fully saturated rings. The molecule has 0 saturated heterocycles. The molecule has 0 atom stereocenters. The second kappa shape index (κ2) is 4.26. The maximum absolute atomic E-state index is 11.1. The lowest BCUT2D eigenvalue weighted by Crippen LogP contribution is -2.04. The molecule has 0 saturated carbocycles. The molecule has 70 valence electrons. The molecule has 1 rings (SSSR count). The number of methoxy groups -OCH3 is 1. The van der Waals surface area contributed by atoms with E-state index in [4.69, 9.17) is 23.2 Å². The fraction of sp³-hybridized carbons (Fsp3) is 0.143. The number of hydrogen-bond acceptors (Lipinski definition) is 3. The number of carbonyl (C=O) groups is 1. The molecule has 0 radical (unpaired) electrons. The van der Waals surface area contributed by atoms with Gasteiger partial charge in [-0.2, -0.15) is 0 Å². The number of ether oxygens (including phenoxy) is 1. The summed E-state index contributed by atoms with van der Waals surface area (Å²) < 4.78 is 4.96. The highest BCUT2D eigenvalue weighted by molar-refractivity contribution is 9.10. The average Bonchev–Trinajstić information content (AvgIpc) is 2.02. The van der Waals surface area contributed by atoms with Gasteiger partial charge in [0.1, 0.15) is 15.9 Å². The number of nitrogens with zero attached hydrogens (tertiary/aromatic N) is 1. The Morgan fingerprint density at radius 3 is 2.69 bits per heavy atom. The summed E-state index contributed by atoms with van der Waals surface area (Å²) in [4.78, 5) is 14.9. The molecular weight excluding hydrogens is 281 g/mol. The molecule has 0 aromatic carbocycles. The zero-order valence-electron chi connectivity index (χ0n) is 6.47. The lowest BCUT2D eigenvalue weighted by atomic mass is 10.3. The number of rotatable bonds is 1. The Morgan fingerprint density at radius 2 is 2.23 bits per heavy atom. The fourth-order valence-corrected chi connectivity index (χ4v) is 2.06. The van der Waals surface area contributed by atoms with E-state index in [-0.39, 0.29) is 15.9 Å². The van der Waals surface area contributed by atoms with Crippen LogP contribution in [0, 0.1) is 0 Å². The molecule has 0 aliphatic carbocycles. The number of hydrogen-bond donors (Lipinski definition) is 0. The van der Waals surface area contributed by atoms with Crippen LogP contribution in [0.4, 0.5) is 0 Å². The van der Waals surface area contributed by atoms with E-state index >= 15 is 0 Å². The van der Waals surface area contributed by atoms with Crippen LogP contribution in [0.2, 0.25) is 10.3 Å². The van der Waals surface area contributed by atoms with Crippen molar-refractivity contribution in [3.63, 3.8) is 0 Å². The van der Waals surface area contributed by atoms with Gasteiger partial charge in [0.25, 0.3) is 0 Å². The molecule has 1 heterocycles. The van der Waals surface area contributed by atoms with Crippen molar-refractivity contribution in [2.45, 2.75) is 0 Å².